The predicted octanol–water partition coefficient (Wildman–Crippen LogP) is 4.67. The first kappa shape index (κ1) is 27.1. The van der Waals surface area contributed by atoms with Gasteiger partial charge in [0.1, 0.15) is 11.6 Å². The molecule has 0 aliphatic carbocycles. The van der Waals surface area contributed by atoms with Crippen LogP contribution in [0, 0.1) is 21.7 Å². The van der Waals surface area contributed by atoms with Crippen LogP contribution in [-0.2, 0) is 11.2 Å². The van der Waals surface area contributed by atoms with Crippen molar-refractivity contribution in [2.24, 2.45) is 0 Å². The zero-order chi connectivity index (χ0) is 28.1. The zero-order valence-electron chi connectivity index (χ0n) is 19.9. The largest absolute Gasteiger partial charge is 0.329 e. The molecule has 0 saturated carbocycles. The van der Waals surface area contributed by atoms with Crippen LogP contribution in [0.3, 0.4) is 0 Å². The number of hydrogen-bond acceptors (Lipinski definition) is 5. The summed E-state index contributed by atoms with van der Waals surface area (Å²) in [4.78, 5) is 52.7. The van der Waals surface area contributed by atoms with E-state index in [1.54, 1.807) is 0 Å². The van der Waals surface area contributed by atoms with Crippen molar-refractivity contribution < 1.29 is 23.3 Å². The monoisotopic (exact) mass is 552 g/mol. The van der Waals surface area contributed by atoms with Crippen LogP contribution in [0.5, 0.6) is 0 Å². The number of H-pyrrole nitrogens is 1. The summed E-state index contributed by atoms with van der Waals surface area (Å²) >= 11 is 6.11. The molecule has 0 saturated heterocycles. The number of pyridine rings is 1. The zero-order valence-corrected chi connectivity index (χ0v) is 20.7. The summed E-state index contributed by atoms with van der Waals surface area (Å²) in [6.45, 7) is 0. The molecule has 4 aromatic rings. The van der Waals surface area contributed by atoms with Gasteiger partial charge in [0.2, 0.25) is 5.91 Å². The van der Waals surface area contributed by atoms with Crippen LogP contribution in [0.1, 0.15) is 27.4 Å². The van der Waals surface area contributed by atoms with E-state index in [9.17, 15) is 33.3 Å². The number of aromatic nitrogens is 1. The predicted molar refractivity (Wildman–Crippen MR) is 139 cm³/mol. The Morgan fingerprint density at radius 2 is 1.56 bits per heavy atom. The van der Waals surface area contributed by atoms with Gasteiger partial charge in [0.15, 0.2) is 0 Å². The molecule has 12 heteroatoms. The average molecular weight is 553 g/mol. The summed E-state index contributed by atoms with van der Waals surface area (Å²) in [5, 5.41) is 11.9. The summed E-state index contributed by atoms with van der Waals surface area (Å²) in [6.07, 6.45) is 1.14. The van der Waals surface area contributed by atoms with Crippen LogP contribution < -0.4 is 16.4 Å². The SMILES string of the molecule is O=C(NNC(=O)C(Cc1ccc(F)cc1)c1c(-c2cc(Cl)ccc2[N+](=O)[O-])cc[nH]c1=O)c1ccc(F)cc1. The number of hydrazine groups is 1. The number of nitro groups is 1. The van der Waals surface area contributed by atoms with Gasteiger partial charge in [-0.05, 0) is 72.1 Å². The first-order chi connectivity index (χ1) is 18.6. The van der Waals surface area contributed by atoms with E-state index in [0.29, 0.717) is 5.56 Å². The van der Waals surface area contributed by atoms with Gasteiger partial charge in [-0.15, -0.1) is 0 Å². The third-order valence-corrected chi connectivity index (χ3v) is 6.10. The van der Waals surface area contributed by atoms with Gasteiger partial charge in [0, 0.05) is 28.4 Å². The van der Waals surface area contributed by atoms with Gasteiger partial charge in [0.05, 0.1) is 16.4 Å². The van der Waals surface area contributed by atoms with Gasteiger partial charge in [-0.3, -0.25) is 35.3 Å². The van der Waals surface area contributed by atoms with Gasteiger partial charge in [-0.25, -0.2) is 8.78 Å². The molecule has 0 aliphatic heterocycles. The first-order valence-electron chi connectivity index (χ1n) is 11.4. The van der Waals surface area contributed by atoms with Gasteiger partial charge < -0.3 is 4.98 Å². The number of carbonyl (C=O) groups is 2. The molecule has 39 heavy (non-hydrogen) atoms. The van der Waals surface area contributed by atoms with E-state index in [0.717, 1.165) is 12.1 Å². The molecule has 3 aromatic carbocycles. The maximum Gasteiger partial charge on any atom is 0.277 e. The normalized spacial score (nSPS) is 11.5. The molecule has 2 amide bonds. The molecular formula is C27H19ClF2N4O5. The summed E-state index contributed by atoms with van der Waals surface area (Å²) in [5.41, 5.74) is 3.87. The van der Waals surface area contributed by atoms with E-state index in [1.807, 2.05) is 0 Å². The number of aromatic amines is 1. The molecule has 3 N–H and O–H groups in total. The number of carbonyl (C=O) groups excluding carboxylic acids is 2. The van der Waals surface area contributed by atoms with Crippen molar-refractivity contribution in [2.45, 2.75) is 12.3 Å². The van der Waals surface area contributed by atoms with Gasteiger partial charge in [-0.2, -0.15) is 0 Å². The Morgan fingerprint density at radius 3 is 2.21 bits per heavy atom. The Labute approximate surface area is 224 Å². The van der Waals surface area contributed by atoms with Crippen molar-refractivity contribution in [1.82, 2.24) is 15.8 Å². The molecule has 1 aromatic heterocycles. The van der Waals surface area contributed by atoms with Crippen LogP contribution in [0.2, 0.25) is 5.02 Å². The average Bonchev–Trinajstić information content (AvgIpc) is 2.91. The van der Waals surface area contributed by atoms with Crippen molar-refractivity contribution in [1.29, 1.82) is 0 Å². The third kappa shape index (κ3) is 6.33. The second-order valence-corrected chi connectivity index (χ2v) is 8.82. The van der Waals surface area contributed by atoms with Crippen molar-refractivity contribution in [3.63, 3.8) is 0 Å². The van der Waals surface area contributed by atoms with Crippen LogP contribution in [0.15, 0.2) is 83.8 Å². The van der Waals surface area contributed by atoms with Crippen molar-refractivity contribution in [3.05, 3.63) is 133 Å². The summed E-state index contributed by atoms with van der Waals surface area (Å²) < 4.78 is 26.7. The second kappa shape index (κ2) is 11.7. The van der Waals surface area contributed by atoms with E-state index in [1.165, 1.54) is 66.9 Å². The van der Waals surface area contributed by atoms with Crippen molar-refractivity contribution >= 4 is 29.1 Å². The number of nitrogens with one attached hydrogen (secondary N) is 3. The minimum absolute atomic E-state index is 0.000791. The van der Waals surface area contributed by atoms with Crippen LogP contribution >= 0.6 is 11.6 Å². The summed E-state index contributed by atoms with van der Waals surface area (Å²) in [5.74, 6) is -3.96. The first-order valence-corrected chi connectivity index (χ1v) is 11.8. The molecule has 1 unspecified atom stereocenters. The van der Waals surface area contributed by atoms with E-state index < -0.39 is 39.8 Å². The van der Waals surface area contributed by atoms with Crippen molar-refractivity contribution in [2.75, 3.05) is 0 Å². The minimum atomic E-state index is -1.30. The lowest BCUT2D eigenvalue weighted by Crippen LogP contribution is -2.45. The number of nitro benzene ring substituents is 1. The maximum atomic E-state index is 13.5. The third-order valence-electron chi connectivity index (χ3n) is 5.87. The minimum Gasteiger partial charge on any atom is -0.329 e. The standard InChI is InChI=1S/C27H19ClF2N4O5/c28-17-5-10-23(34(38)39)21(14-17)20-11-12-31-27(37)24(20)22(13-15-1-6-18(29)7-2-15)26(36)33-32-25(35)16-3-8-19(30)9-4-16/h1-12,14,22H,13H2,(H,31,37)(H,32,35)(H,33,36). The second-order valence-electron chi connectivity index (χ2n) is 8.39. The molecule has 198 valence electrons. The summed E-state index contributed by atoms with van der Waals surface area (Å²) in [7, 11) is 0. The Bertz CT molecular complexity index is 1610. The molecule has 0 bridgehead atoms. The lowest BCUT2D eigenvalue weighted by atomic mass is 9.86. The number of amides is 2. The van der Waals surface area contributed by atoms with Gasteiger partial charge in [0.25, 0.3) is 17.2 Å². The maximum absolute atomic E-state index is 13.5. The van der Waals surface area contributed by atoms with Crippen LogP contribution in [0.4, 0.5) is 14.5 Å². The molecule has 1 heterocycles. The van der Waals surface area contributed by atoms with Crippen LogP contribution in [0.25, 0.3) is 11.1 Å². The Morgan fingerprint density at radius 1 is 0.923 bits per heavy atom. The van der Waals surface area contributed by atoms with Gasteiger partial charge in [-0.1, -0.05) is 23.7 Å². The molecule has 0 radical (unpaired) electrons. The fraction of sp³-hybridized carbons (Fsp3) is 0.0741. The number of benzene rings is 3. The summed E-state index contributed by atoms with van der Waals surface area (Å²) in [6, 6.07) is 15.0. The van der Waals surface area contributed by atoms with E-state index in [2.05, 4.69) is 15.8 Å². The highest BCUT2D eigenvalue weighted by Gasteiger charge is 2.30. The Hall–Kier alpha value is -4.90. The fourth-order valence-electron chi connectivity index (χ4n) is 4.02. The highest BCUT2D eigenvalue weighted by molar-refractivity contribution is 6.31. The quantitative estimate of drug-likeness (QED) is 0.226. The molecule has 0 spiro atoms. The lowest BCUT2D eigenvalue weighted by Gasteiger charge is -2.20. The molecule has 4 rings (SSSR count). The number of halogens is 3. The molecule has 9 nitrogen and oxygen atoms in total. The van der Waals surface area contributed by atoms with Crippen molar-refractivity contribution in [3.8, 4) is 11.1 Å². The highest BCUT2D eigenvalue weighted by Crippen LogP contribution is 2.36. The number of nitrogens with zero attached hydrogens (tertiary/aromatic N) is 1. The lowest BCUT2D eigenvalue weighted by molar-refractivity contribution is -0.384. The molecular weight excluding hydrogens is 534 g/mol. The Balaban J connectivity index is 1.77. The smallest absolute Gasteiger partial charge is 0.277 e. The van der Waals surface area contributed by atoms with Crippen LogP contribution in [-0.4, -0.2) is 21.7 Å². The van der Waals surface area contributed by atoms with E-state index in [4.69, 9.17) is 11.6 Å². The molecule has 0 aliphatic rings. The van der Waals surface area contributed by atoms with E-state index in [-0.39, 0.29) is 39.4 Å². The fourth-order valence-corrected chi connectivity index (χ4v) is 4.19. The van der Waals surface area contributed by atoms with Gasteiger partial charge >= 0.3 is 0 Å². The molecule has 0 fully saturated rings. The topological polar surface area (TPSA) is 134 Å². The Kier molecular flexibility index (Phi) is 8.11. The number of hydrogen-bond donors (Lipinski definition) is 3. The number of rotatable bonds is 7. The molecule has 1 atom stereocenters. The van der Waals surface area contributed by atoms with E-state index >= 15 is 0 Å². The highest BCUT2D eigenvalue weighted by atomic mass is 35.5.